The van der Waals surface area contributed by atoms with Gasteiger partial charge in [-0.15, -0.1) is 0 Å². The van der Waals surface area contributed by atoms with Gasteiger partial charge in [0.1, 0.15) is 11.4 Å². The van der Waals surface area contributed by atoms with Gasteiger partial charge in [-0.05, 0) is 60.4 Å². The number of anilines is 3. The standard InChI is InChI=1S/C29H30N2O2.CH4O/c1-20(30-26-11-4-5-13-29(26)33-3)14-15-21-16-17-28-25(18-21)24-10-7-12-27(24)31(28)22-8-6-9-23(19-22)32-2;1-2/h4-6,8-9,11,13-19,24,27,30H,1,7,10,12H2,2-3H3;2H,1H3/p+1/b15-14+;. The lowest BCUT2D eigenvalue weighted by atomic mass is 9.96. The highest BCUT2D eigenvalue weighted by Gasteiger charge is 2.42. The molecule has 1 aliphatic heterocycles. The summed E-state index contributed by atoms with van der Waals surface area (Å²) in [5.41, 5.74) is 6.99. The Balaban J connectivity index is 0.00000141. The first-order valence-electron chi connectivity index (χ1n) is 12.0. The molecule has 3 aromatic carbocycles. The Morgan fingerprint density at radius 1 is 1.09 bits per heavy atom. The van der Waals surface area contributed by atoms with E-state index in [0.717, 1.165) is 30.0 Å². The lowest BCUT2D eigenvalue weighted by Crippen LogP contribution is -2.26. The van der Waals surface area contributed by atoms with Crippen molar-refractivity contribution < 1.29 is 14.6 Å². The maximum absolute atomic E-state index is 7.00. The predicted molar refractivity (Wildman–Crippen MR) is 146 cm³/mol. The van der Waals surface area contributed by atoms with Crippen molar-refractivity contribution in [3.05, 3.63) is 96.2 Å². The number of fused-ring (bicyclic) bond motifs is 3. The van der Waals surface area contributed by atoms with E-state index < -0.39 is 0 Å². The Kier molecular flexibility index (Phi) is 7.78. The molecule has 5 nitrogen and oxygen atoms in total. The van der Waals surface area contributed by atoms with E-state index in [1.807, 2.05) is 36.4 Å². The minimum absolute atomic E-state index is 0.525. The molecule has 2 atom stereocenters. The maximum atomic E-state index is 7.00. The van der Waals surface area contributed by atoms with Crippen molar-refractivity contribution in [2.75, 3.05) is 31.5 Å². The first-order valence-corrected chi connectivity index (χ1v) is 12.0. The zero-order valence-electron chi connectivity index (χ0n) is 20.7. The fourth-order valence-electron chi connectivity index (χ4n) is 5.26. The molecule has 1 fully saturated rings. The number of hydrogen-bond acceptors (Lipinski definition) is 4. The Morgan fingerprint density at radius 3 is 2.71 bits per heavy atom. The fourth-order valence-corrected chi connectivity index (χ4v) is 5.26. The SMILES string of the molecule is C=C(/C=C/c1ccc2c(c1)C1CCCC1N2c1cccc(OC)c1)Nc1ccccc1[OH+]C.CO. The van der Waals surface area contributed by atoms with Crippen LogP contribution in [-0.4, -0.2) is 37.2 Å². The number of hydrogen-bond donors (Lipinski definition) is 2. The van der Waals surface area contributed by atoms with Crippen LogP contribution >= 0.6 is 0 Å². The molecule has 5 heteroatoms. The fraction of sp³-hybridized carbons (Fsp3) is 0.267. The highest BCUT2D eigenvalue weighted by molar-refractivity contribution is 5.76. The van der Waals surface area contributed by atoms with Crippen LogP contribution in [0.3, 0.4) is 0 Å². The van der Waals surface area contributed by atoms with Gasteiger partial charge in [0, 0.05) is 48.3 Å². The second-order valence-corrected chi connectivity index (χ2v) is 8.72. The Bertz CT molecular complexity index is 1200. The maximum Gasteiger partial charge on any atom is 0.278 e. The third kappa shape index (κ3) is 5.05. The number of benzene rings is 3. The highest BCUT2D eigenvalue weighted by atomic mass is 16.5. The molecule has 0 aromatic heterocycles. The van der Waals surface area contributed by atoms with Gasteiger partial charge in [-0.2, -0.15) is 0 Å². The van der Waals surface area contributed by atoms with Gasteiger partial charge in [-0.1, -0.05) is 43.3 Å². The minimum atomic E-state index is 0.525. The van der Waals surface area contributed by atoms with E-state index in [2.05, 4.69) is 64.0 Å². The van der Waals surface area contributed by atoms with Crippen molar-refractivity contribution >= 4 is 23.1 Å². The molecule has 0 saturated heterocycles. The zero-order chi connectivity index (χ0) is 24.8. The Hall–Kier alpha value is -3.70. The lowest BCUT2D eigenvalue weighted by molar-refractivity contribution is 0.138. The number of aliphatic hydroxyl groups excluding tert-OH is 1. The van der Waals surface area contributed by atoms with Crippen LogP contribution < -0.4 is 15.0 Å². The number of para-hydroxylation sites is 2. The smallest absolute Gasteiger partial charge is 0.278 e. The summed E-state index contributed by atoms with van der Waals surface area (Å²) in [6, 6.07) is 23.8. The second-order valence-electron chi connectivity index (χ2n) is 8.72. The van der Waals surface area contributed by atoms with Crippen LogP contribution in [0.4, 0.5) is 17.1 Å². The largest absolute Gasteiger partial charge is 0.583 e. The van der Waals surface area contributed by atoms with Gasteiger partial charge in [-0.3, -0.25) is 0 Å². The quantitative estimate of drug-likeness (QED) is 0.231. The summed E-state index contributed by atoms with van der Waals surface area (Å²) in [5.74, 6) is 2.41. The molecule has 0 amide bonds. The van der Waals surface area contributed by atoms with Crippen molar-refractivity contribution in [1.29, 1.82) is 0 Å². The number of rotatable bonds is 7. The second kappa shape index (κ2) is 11.2. The summed E-state index contributed by atoms with van der Waals surface area (Å²) in [7, 11) is 4.53. The molecule has 1 aliphatic carbocycles. The van der Waals surface area contributed by atoms with E-state index in [0.29, 0.717) is 12.0 Å². The lowest BCUT2D eigenvalue weighted by Gasteiger charge is -2.27. The molecular weight excluding hydrogens is 436 g/mol. The van der Waals surface area contributed by atoms with Crippen LogP contribution in [0.25, 0.3) is 6.08 Å². The summed E-state index contributed by atoms with van der Waals surface area (Å²) in [6.45, 7) is 4.17. The van der Waals surface area contributed by atoms with Crippen LogP contribution in [0.5, 0.6) is 11.5 Å². The number of methoxy groups -OCH3 is 1. The van der Waals surface area contributed by atoms with E-state index in [4.69, 9.17) is 9.84 Å². The average Bonchev–Trinajstić information content (AvgIpc) is 3.50. The van der Waals surface area contributed by atoms with Crippen molar-refractivity contribution in [3.63, 3.8) is 0 Å². The van der Waals surface area contributed by atoms with E-state index in [1.165, 1.54) is 41.8 Å². The van der Waals surface area contributed by atoms with Crippen LogP contribution in [0.15, 0.2) is 85.1 Å². The summed E-state index contributed by atoms with van der Waals surface area (Å²) < 4.78 is 9.80. The molecule has 5 rings (SSSR count). The van der Waals surface area contributed by atoms with Crippen LogP contribution in [-0.2, 0) is 0 Å². The summed E-state index contributed by atoms with van der Waals surface area (Å²) >= 11 is 0. The number of aromatic hydroxyl groups is 1. The van der Waals surface area contributed by atoms with Gasteiger partial charge >= 0.3 is 0 Å². The molecule has 0 bridgehead atoms. The Labute approximate surface area is 208 Å². The topological polar surface area (TPSA) is 57.5 Å². The summed E-state index contributed by atoms with van der Waals surface area (Å²) in [6.07, 6.45) is 7.92. The normalized spacial score (nSPS) is 17.9. The van der Waals surface area contributed by atoms with Gasteiger partial charge in [0.25, 0.3) is 5.75 Å². The van der Waals surface area contributed by atoms with E-state index in [1.54, 1.807) is 14.2 Å². The molecule has 2 unspecified atom stereocenters. The molecule has 35 heavy (non-hydrogen) atoms. The minimum Gasteiger partial charge on any atom is -0.583 e. The molecule has 1 heterocycles. The van der Waals surface area contributed by atoms with Gasteiger partial charge < -0.3 is 24.8 Å². The van der Waals surface area contributed by atoms with Crippen molar-refractivity contribution in [2.24, 2.45) is 0 Å². The summed E-state index contributed by atoms with van der Waals surface area (Å²) in [4.78, 5) is 2.52. The van der Waals surface area contributed by atoms with Crippen LogP contribution in [0, 0.1) is 0 Å². The molecule has 3 aromatic rings. The highest BCUT2D eigenvalue weighted by Crippen LogP contribution is 2.52. The Morgan fingerprint density at radius 2 is 1.91 bits per heavy atom. The summed E-state index contributed by atoms with van der Waals surface area (Å²) in [5, 5.41) is 10.4. The zero-order valence-corrected chi connectivity index (χ0v) is 20.7. The molecule has 0 spiro atoms. The molecule has 3 N–H and O–H groups in total. The molecule has 0 radical (unpaired) electrons. The van der Waals surface area contributed by atoms with Crippen molar-refractivity contribution in [1.82, 2.24) is 0 Å². The monoisotopic (exact) mass is 471 g/mol. The van der Waals surface area contributed by atoms with Crippen molar-refractivity contribution in [3.8, 4) is 11.5 Å². The molecular formula is C30H35N2O3+. The number of allylic oxidation sites excluding steroid dienone is 1. The number of nitrogens with one attached hydrogen (secondary N) is 1. The van der Waals surface area contributed by atoms with Crippen LogP contribution in [0.1, 0.15) is 36.3 Å². The number of ether oxygens (including phenoxy) is 2. The van der Waals surface area contributed by atoms with Gasteiger partial charge in [0.2, 0.25) is 0 Å². The molecule has 2 aliphatic rings. The third-order valence-electron chi connectivity index (χ3n) is 6.77. The van der Waals surface area contributed by atoms with E-state index in [9.17, 15) is 0 Å². The first-order chi connectivity index (χ1) is 17.2. The van der Waals surface area contributed by atoms with Crippen molar-refractivity contribution in [2.45, 2.75) is 31.2 Å². The molecule has 1 saturated carbocycles. The van der Waals surface area contributed by atoms with Gasteiger partial charge in [0.15, 0.2) is 7.11 Å². The number of aliphatic hydroxyl groups is 2. The molecule has 182 valence electrons. The van der Waals surface area contributed by atoms with E-state index in [-0.39, 0.29) is 0 Å². The third-order valence-corrected chi connectivity index (χ3v) is 6.77. The van der Waals surface area contributed by atoms with Crippen LogP contribution in [0.2, 0.25) is 0 Å². The van der Waals surface area contributed by atoms with E-state index >= 15 is 0 Å². The first kappa shape index (κ1) is 24.4. The predicted octanol–water partition coefficient (Wildman–Crippen LogP) is 6.60. The number of nitrogens with zero attached hydrogens (tertiary/aromatic N) is 1. The average molecular weight is 472 g/mol. The van der Waals surface area contributed by atoms with Gasteiger partial charge in [-0.25, -0.2) is 0 Å². The van der Waals surface area contributed by atoms with Gasteiger partial charge in [0.05, 0.1) is 7.11 Å².